The summed E-state index contributed by atoms with van der Waals surface area (Å²) in [4.78, 5) is 55.4. The first kappa shape index (κ1) is 82.8. The van der Waals surface area contributed by atoms with Gasteiger partial charge in [0.15, 0.2) is 68.6 Å². The van der Waals surface area contributed by atoms with Crippen molar-refractivity contribution in [3.8, 4) is 0 Å². The van der Waals surface area contributed by atoms with Crippen LogP contribution in [-0.2, 0) is 0 Å². The molecule has 5 atom stereocenters. The van der Waals surface area contributed by atoms with Crippen LogP contribution in [0.25, 0.3) is 110 Å². The number of para-hydroxylation sites is 5. The van der Waals surface area contributed by atoms with Crippen molar-refractivity contribution in [1.82, 2.24) is 34.9 Å². The lowest BCUT2D eigenvalue weighted by molar-refractivity contribution is 0.598. The lowest BCUT2D eigenvalue weighted by Crippen LogP contribution is -2.42. The van der Waals surface area contributed by atoms with Crippen molar-refractivity contribution in [2.75, 3.05) is 63.1 Å². The van der Waals surface area contributed by atoms with Crippen molar-refractivity contribution in [3.05, 3.63) is 290 Å². The minimum Gasteiger partial charge on any atom is -0.454 e. The second-order valence-electron chi connectivity index (χ2n) is 35.7. The van der Waals surface area contributed by atoms with E-state index in [1.54, 1.807) is 24.8 Å². The molecule has 15 heterocycles. The van der Waals surface area contributed by atoms with Crippen LogP contribution in [0.3, 0.4) is 0 Å². The molecule has 10 aromatic carbocycles. The largest absolute Gasteiger partial charge is 0.454 e. The van der Waals surface area contributed by atoms with Gasteiger partial charge in [-0.15, -0.1) is 0 Å². The maximum Gasteiger partial charge on any atom is 0.178 e. The number of fused-ring (bicyclic) bond motifs is 20. The van der Waals surface area contributed by atoms with Crippen LogP contribution in [0.2, 0.25) is 0 Å². The summed E-state index contributed by atoms with van der Waals surface area (Å²) in [5, 5.41) is 11.5. The summed E-state index contributed by atoms with van der Waals surface area (Å²) in [5.41, 5.74) is 24.1. The number of hydrogen-bond donors (Lipinski definition) is 0. The van der Waals surface area contributed by atoms with Crippen LogP contribution >= 0.6 is 0 Å². The van der Waals surface area contributed by atoms with Gasteiger partial charge >= 0.3 is 0 Å². The van der Waals surface area contributed by atoms with Crippen LogP contribution in [0.4, 0.5) is 86.2 Å². The van der Waals surface area contributed by atoms with E-state index in [1.807, 2.05) is 111 Å². The molecule has 10 aromatic heterocycles. The fourth-order valence-corrected chi connectivity index (χ4v) is 20.8. The number of hydrogen-bond acceptors (Lipinski definition) is 22. The average Bonchev–Trinajstić information content (AvgIpc) is 1.61. The Morgan fingerprint density at radius 2 is 0.473 bits per heavy atom. The molecule has 0 bridgehead atoms. The van der Waals surface area contributed by atoms with Crippen molar-refractivity contribution in [1.29, 1.82) is 0 Å². The molecular weight excluding hydrogens is 1630 g/mol. The molecule has 0 aliphatic carbocycles. The summed E-state index contributed by atoms with van der Waals surface area (Å²) in [6, 6.07) is 76.3. The highest BCUT2D eigenvalue weighted by Gasteiger charge is 2.44. The standard InChI is InChI=1S/2C23H23N3O.C22H22N4O.C21H19N3O.C20H18N4O/c1-14(2)25-16(4)26(19-9-7-13-24-23(19)25)21-15(3)11-12-18-17-8-5-6-10-20(17)27-22(18)21;1-14(2)25-16(4)26(23-19(25)9-7-13-24-23)21-15(3)11-12-18-17-8-5-6-10-20(17)27-22(18)21;1-13(2)25-15(4)26(22-21(25)23-11-12-24-22)19-14(3)9-10-17-16-7-5-6-8-18(16)27-20(17)19;1-13-10-11-16-15-7-4-5-9-18(15)25-20(16)19(13)24-14(2)23(3)21-17(24)8-6-12-22-21;1-12-8-9-15-14-6-4-5-7-16(14)25-18(15)17(12)24-13(2)23(3)19-20(24)22-11-10-21-19/h2*5-14,16H,1-4H3;5-13,15H,1-4H3;4-12,14H,1-3H3;4-11,13H,1-3H3. The molecule has 0 radical (unpaired) electrons. The van der Waals surface area contributed by atoms with Gasteiger partial charge in [0.05, 0.1) is 45.5 Å². The van der Waals surface area contributed by atoms with Crippen LogP contribution in [0.1, 0.15) is 104 Å². The van der Waals surface area contributed by atoms with E-state index in [0.29, 0.717) is 18.1 Å². The first-order valence-electron chi connectivity index (χ1n) is 45.3. The van der Waals surface area contributed by atoms with E-state index < -0.39 is 0 Å². The van der Waals surface area contributed by atoms with Gasteiger partial charge in [-0.3, -0.25) is 9.80 Å². The molecule has 22 nitrogen and oxygen atoms in total. The highest BCUT2D eigenvalue weighted by Crippen LogP contribution is 2.55. The first-order chi connectivity index (χ1) is 63.6. The minimum atomic E-state index is 0.0971. The zero-order valence-corrected chi connectivity index (χ0v) is 77.1. The normalized spacial score (nSPS) is 16.8. The Labute approximate surface area is 760 Å². The monoisotopic (exact) mass is 1730 g/mol. The third kappa shape index (κ3) is 13.3. The van der Waals surface area contributed by atoms with Crippen LogP contribution in [0.5, 0.6) is 0 Å². The lowest BCUT2D eigenvalue weighted by atomic mass is 10.1. The van der Waals surface area contributed by atoms with Gasteiger partial charge in [0.2, 0.25) is 0 Å². The molecule has 5 aliphatic heterocycles. The Hall–Kier alpha value is -15.2. The molecule has 0 N–H and O–H groups in total. The Bertz CT molecular complexity index is 7220. The summed E-state index contributed by atoms with van der Waals surface area (Å²) < 4.78 is 31.6. The minimum absolute atomic E-state index is 0.0971. The van der Waals surface area contributed by atoms with Crippen molar-refractivity contribution in [3.63, 3.8) is 0 Å². The second kappa shape index (κ2) is 32.5. The number of rotatable bonds is 8. The van der Waals surface area contributed by atoms with Crippen molar-refractivity contribution >= 4 is 196 Å². The van der Waals surface area contributed by atoms with Gasteiger partial charge in [-0.05, 0) is 205 Å². The van der Waals surface area contributed by atoms with Crippen LogP contribution in [0, 0.1) is 34.6 Å². The van der Waals surface area contributed by atoms with Crippen LogP contribution in [-0.4, -0.2) is 97.9 Å². The summed E-state index contributed by atoms with van der Waals surface area (Å²) in [7, 11) is 4.14. The number of furan rings is 5. The number of aryl methyl sites for hydroxylation is 5. The third-order valence-electron chi connectivity index (χ3n) is 26.9. The molecule has 5 unspecified atom stereocenters. The van der Waals surface area contributed by atoms with Crippen LogP contribution < -0.4 is 49.0 Å². The zero-order valence-electron chi connectivity index (χ0n) is 77.1. The maximum absolute atomic E-state index is 6.36. The number of aromatic nitrogens is 7. The first-order valence-corrected chi connectivity index (χ1v) is 45.3. The molecule has 131 heavy (non-hydrogen) atoms. The Kier molecular flexibility index (Phi) is 20.6. The second-order valence-corrected chi connectivity index (χ2v) is 35.7. The Balaban J connectivity index is 0.0000000989. The van der Waals surface area contributed by atoms with Gasteiger partial charge in [-0.25, -0.2) is 34.9 Å². The van der Waals surface area contributed by atoms with Gasteiger partial charge in [0.1, 0.15) is 58.7 Å². The number of benzene rings is 10. The topological polar surface area (TPSA) is 188 Å². The van der Waals surface area contributed by atoms with E-state index in [2.05, 4.69) is 325 Å². The highest BCUT2D eigenvalue weighted by atomic mass is 16.3. The lowest BCUT2D eigenvalue weighted by Gasteiger charge is -2.33. The molecule has 0 fully saturated rings. The zero-order chi connectivity index (χ0) is 90.4. The van der Waals surface area contributed by atoms with Crippen molar-refractivity contribution in [2.24, 2.45) is 0 Å². The van der Waals surface area contributed by atoms with Crippen molar-refractivity contribution < 1.29 is 22.1 Å². The predicted molar refractivity (Wildman–Crippen MR) is 537 cm³/mol. The van der Waals surface area contributed by atoms with Gasteiger partial charge in [-0.2, -0.15) is 0 Å². The molecule has 5 aliphatic rings. The van der Waals surface area contributed by atoms with Gasteiger partial charge < -0.3 is 61.3 Å². The Morgan fingerprint density at radius 3 is 0.855 bits per heavy atom. The van der Waals surface area contributed by atoms with E-state index >= 15 is 0 Å². The molecule has 656 valence electrons. The quantitative estimate of drug-likeness (QED) is 0.140. The Morgan fingerprint density at radius 1 is 0.221 bits per heavy atom. The summed E-state index contributed by atoms with van der Waals surface area (Å²) >= 11 is 0. The van der Waals surface area contributed by atoms with Gasteiger partial charge in [0.25, 0.3) is 0 Å². The summed E-state index contributed by atoms with van der Waals surface area (Å²) in [6.07, 6.45) is 13.3. The van der Waals surface area contributed by atoms with E-state index in [-0.39, 0.29) is 30.8 Å². The predicted octanol–water partition coefficient (Wildman–Crippen LogP) is 27.2. The third-order valence-corrected chi connectivity index (χ3v) is 26.9. The van der Waals surface area contributed by atoms with E-state index in [1.165, 1.54) is 22.4 Å². The molecular formula is C109H105N17O5. The summed E-state index contributed by atoms with van der Waals surface area (Å²) in [6.45, 7) is 35.0. The molecule has 0 spiro atoms. The van der Waals surface area contributed by atoms with Gasteiger partial charge in [0, 0.05) is 129 Å². The van der Waals surface area contributed by atoms with Gasteiger partial charge in [-0.1, -0.05) is 152 Å². The number of pyridine rings is 3. The highest BCUT2D eigenvalue weighted by molar-refractivity contribution is 6.16. The molecule has 22 heteroatoms. The van der Waals surface area contributed by atoms with E-state index in [0.717, 1.165) is 201 Å². The fourth-order valence-electron chi connectivity index (χ4n) is 20.8. The van der Waals surface area contributed by atoms with E-state index in [4.69, 9.17) is 32.1 Å². The smallest absolute Gasteiger partial charge is 0.178 e. The maximum atomic E-state index is 6.36. The van der Waals surface area contributed by atoms with Crippen molar-refractivity contribution in [2.45, 2.75) is 160 Å². The number of anilines is 15. The average molecular weight is 1730 g/mol. The van der Waals surface area contributed by atoms with Crippen LogP contribution in [0.15, 0.2) is 284 Å². The molecule has 25 rings (SSSR count). The molecule has 0 saturated heterocycles. The molecule has 0 saturated carbocycles. The number of nitrogens with zero attached hydrogens (tertiary/aromatic N) is 17. The SMILES string of the molecule is Cc1ccc2c(oc3ccccc32)c1N1c2cccnc2N(C(C)C)C1C.Cc1ccc2c(oc3ccccc32)c1N1c2cccnc2N(C)C1C.Cc1ccc2c(oc3ccccc32)c1N1c2ncccc2N(C(C)C)C1C.Cc1ccc2c(oc3ccccc32)c1N1c2nccnc2N(C(C)C)C1C.Cc1ccc2c(oc3ccccc32)c1N1c2nccnc2N(C)C1C. The summed E-state index contributed by atoms with van der Waals surface area (Å²) in [5.74, 6) is 6.60. The molecule has 0 amide bonds. The van der Waals surface area contributed by atoms with E-state index in [9.17, 15) is 0 Å². The molecule has 20 aromatic rings. The fraction of sp³-hybridized carbons (Fsp3) is 0.239.